The third-order valence-electron chi connectivity index (χ3n) is 4.27. The largest absolute Gasteiger partial charge is 0.353 e. The van der Waals surface area contributed by atoms with Gasteiger partial charge in [0.15, 0.2) is 6.19 Å². The average Bonchev–Trinajstić information content (AvgIpc) is 2.50. The second-order valence-electron chi connectivity index (χ2n) is 5.70. The Kier molecular flexibility index (Phi) is 7.65. The molecule has 6 heteroatoms. The zero-order chi connectivity index (χ0) is 16.1. The van der Waals surface area contributed by atoms with Gasteiger partial charge in [-0.15, -0.1) is 11.1 Å². The predicted octanol–water partition coefficient (Wildman–Crippen LogP) is 2.25. The van der Waals surface area contributed by atoms with Crippen molar-refractivity contribution in [2.75, 3.05) is 13.2 Å². The van der Waals surface area contributed by atoms with Crippen molar-refractivity contribution in [3.05, 3.63) is 33.9 Å². The quantitative estimate of drug-likeness (QED) is 0.203. The number of hydrogen-bond donors (Lipinski definition) is 2. The molecular weight excluding hydrogens is 382 g/mol. The number of halogens is 1. The van der Waals surface area contributed by atoms with E-state index in [4.69, 9.17) is 5.26 Å². The first kappa shape index (κ1) is 19.6. The number of guanidine groups is 1. The standard InChI is InChI=1S/C17H22FN4.Rh/c1-11-8-12(2)15-5-4-14(9-16(15)13(11)3)22-17(21-10-19)20-7-6-18;/h14H,4-7,9H2,1-3H3,(H2,20,21,22);/q-1;. The normalized spacial score (nSPS) is 16.8. The van der Waals surface area contributed by atoms with Crippen molar-refractivity contribution in [2.24, 2.45) is 4.99 Å². The molecule has 0 amide bonds. The van der Waals surface area contributed by atoms with Gasteiger partial charge in [0.1, 0.15) is 6.67 Å². The van der Waals surface area contributed by atoms with Gasteiger partial charge in [-0.3, -0.25) is 5.32 Å². The number of nitrogens with one attached hydrogen (secondary N) is 2. The summed E-state index contributed by atoms with van der Waals surface area (Å²) >= 11 is 0. The third kappa shape index (κ3) is 4.75. The number of alkyl halides is 1. The fraction of sp³-hybridized carbons (Fsp3) is 0.529. The van der Waals surface area contributed by atoms with E-state index in [2.05, 4.69) is 42.5 Å². The molecule has 0 bridgehead atoms. The summed E-state index contributed by atoms with van der Waals surface area (Å²) in [6, 6.07) is 3.63. The third-order valence-corrected chi connectivity index (χ3v) is 4.27. The van der Waals surface area contributed by atoms with Gasteiger partial charge in [-0.1, -0.05) is 27.2 Å². The Labute approximate surface area is 150 Å². The molecule has 23 heavy (non-hydrogen) atoms. The van der Waals surface area contributed by atoms with Crippen molar-refractivity contribution in [1.82, 2.24) is 10.6 Å². The number of fused-ring (bicyclic) bond motifs is 1. The van der Waals surface area contributed by atoms with Crippen molar-refractivity contribution in [3.63, 3.8) is 0 Å². The number of rotatable bonds is 3. The van der Waals surface area contributed by atoms with Crippen LogP contribution in [-0.4, -0.2) is 25.2 Å². The summed E-state index contributed by atoms with van der Waals surface area (Å²) in [5.41, 5.74) is 6.50. The van der Waals surface area contributed by atoms with Crippen LogP contribution in [0.1, 0.15) is 34.2 Å². The zero-order valence-electron chi connectivity index (χ0n) is 13.7. The monoisotopic (exact) mass is 404 g/mol. The molecule has 1 radical (unpaired) electrons. The Hall–Kier alpha value is -1.47. The van der Waals surface area contributed by atoms with E-state index in [0.717, 1.165) is 19.3 Å². The molecule has 1 aromatic rings. The molecule has 0 spiro atoms. The number of aliphatic imine (C=N–C) groups is 1. The molecule has 1 aromatic carbocycles. The first-order chi connectivity index (χ1) is 10.6. The fourth-order valence-electron chi connectivity index (χ4n) is 3.06. The second kappa shape index (κ2) is 8.98. The molecule has 0 heterocycles. The SMILES string of the molecule is Cc1[c-]c(C)c2c(c1C)CC(NC(=NCCF)NC#N)CC2.[Rh]. The molecule has 0 fully saturated rings. The van der Waals surface area contributed by atoms with Crippen LogP contribution in [0.3, 0.4) is 0 Å². The van der Waals surface area contributed by atoms with Crippen LogP contribution < -0.4 is 10.6 Å². The minimum atomic E-state index is -0.529. The van der Waals surface area contributed by atoms with Crippen LogP contribution in [-0.2, 0) is 32.3 Å². The summed E-state index contributed by atoms with van der Waals surface area (Å²) in [5.74, 6) is 0.363. The van der Waals surface area contributed by atoms with Crippen molar-refractivity contribution < 1.29 is 23.9 Å². The maximum atomic E-state index is 12.3. The Morgan fingerprint density at radius 2 is 2.09 bits per heavy atom. The predicted molar refractivity (Wildman–Crippen MR) is 85.5 cm³/mol. The Morgan fingerprint density at radius 3 is 2.74 bits per heavy atom. The maximum Gasteiger partial charge on any atom is 0.205 e. The van der Waals surface area contributed by atoms with E-state index in [0.29, 0.717) is 5.96 Å². The van der Waals surface area contributed by atoms with Crippen molar-refractivity contribution in [3.8, 4) is 6.19 Å². The van der Waals surface area contributed by atoms with Crippen LogP contribution in [0, 0.1) is 38.3 Å². The Morgan fingerprint density at radius 1 is 1.35 bits per heavy atom. The molecule has 0 saturated heterocycles. The minimum Gasteiger partial charge on any atom is -0.353 e. The van der Waals surface area contributed by atoms with E-state index in [1.54, 1.807) is 0 Å². The van der Waals surface area contributed by atoms with E-state index in [1.165, 1.54) is 27.8 Å². The maximum absolute atomic E-state index is 12.3. The summed E-state index contributed by atoms with van der Waals surface area (Å²) < 4.78 is 12.3. The van der Waals surface area contributed by atoms with E-state index in [1.807, 2.05) is 6.19 Å². The minimum absolute atomic E-state index is 0. The number of aryl methyl sites for hydroxylation is 2. The van der Waals surface area contributed by atoms with Gasteiger partial charge in [-0.05, 0) is 12.8 Å². The first-order valence-electron chi connectivity index (χ1n) is 7.59. The topological polar surface area (TPSA) is 60.2 Å². The fourth-order valence-corrected chi connectivity index (χ4v) is 3.06. The molecule has 1 aliphatic carbocycles. The van der Waals surface area contributed by atoms with Gasteiger partial charge in [-0.25, -0.2) is 9.38 Å². The molecule has 0 aliphatic heterocycles. The summed E-state index contributed by atoms with van der Waals surface area (Å²) in [6.07, 6.45) is 4.68. The van der Waals surface area contributed by atoms with Crippen molar-refractivity contribution in [1.29, 1.82) is 5.26 Å². The van der Waals surface area contributed by atoms with Gasteiger partial charge in [0, 0.05) is 25.5 Å². The molecule has 0 saturated carbocycles. The van der Waals surface area contributed by atoms with Crippen LogP contribution in [0.25, 0.3) is 0 Å². The number of nitrogens with zero attached hydrogens (tertiary/aromatic N) is 2. The van der Waals surface area contributed by atoms with E-state index < -0.39 is 6.67 Å². The molecule has 4 nitrogen and oxygen atoms in total. The number of benzene rings is 1. The summed E-state index contributed by atoms with van der Waals surface area (Å²) in [4.78, 5) is 4.03. The molecule has 0 aromatic heterocycles. The molecular formula is C17H22FN4Rh-. The first-order valence-corrected chi connectivity index (χ1v) is 7.59. The van der Waals surface area contributed by atoms with Crippen LogP contribution in [0.4, 0.5) is 4.39 Å². The van der Waals surface area contributed by atoms with Crippen LogP contribution in [0.2, 0.25) is 0 Å². The van der Waals surface area contributed by atoms with Crippen LogP contribution in [0.5, 0.6) is 0 Å². The van der Waals surface area contributed by atoms with Crippen molar-refractivity contribution in [2.45, 2.75) is 46.1 Å². The van der Waals surface area contributed by atoms with E-state index >= 15 is 0 Å². The number of hydrogen-bond acceptors (Lipinski definition) is 2. The molecule has 1 unspecified atom stereocenters. The van der Waals surface area contributed by atoms with Gasteiger partial charge >= 0.3 is 0 Å². The molecule has 2 N–H and O–H groups in total. The van der Waals surface area contributed by atoms with Crippen LogP contribution >= 0.6 is 0 Å². The zero-order valence-corrected chi connectivity index (χ0v) is 15.4. The van der Waals surface area contributed by atoms with E-state index in [9.17, 15) is 4.39 Å². The van der Waals surface area contributed by atoms with Gasteiger partial charge in [0.2, 0.25) is 5.96 Å². The Balaban J connectivity index is 0.00000264. The summed E-state index contributed by atoms with van der Waals surface area (Å²) in [6.45, 7) is 5.87. The van der Waals surface area contributed by atoms with E-state index in [-0.39, 0.29) is 32.1 Å². The molecule has 1 aliphatic rings. The van der Waals surface area contributed by atoms with Gasteiger partial charge < -0.3 is 5.32 Å². The summed E-state index contributed by atoms with van der Waals surface area (Å²) in [7, 11) is 0. The van der Waals surface area contributed by atoms with Gasteiger partial charge in [0.25, 0.3) is 0 Å². The smallest absolute Gasteiger partial charge is 0.205 e. The van der Waals surface area contributed by atoms with Gasteiger partial charge in [-0.2, -0.15) is 28.0 Å². The van der Waals surface area contributed by atoms with Crippen LogP contribution in [0.15, 0.2) is 4.99 Å². The van der Waals surface area contributed by atoms with Gasteiger partial charge in [0.05, 0.1) is 6.54 Å². The molecule has 127 valence electrons. The second-order valence-corrected chi connectivity index (χ2v) is 5.70. The Bertz CT molecular complexity index is 622. The summed E-state index contributed by atoms with van der Waals surface area (Å²) in [5, 5.41) is 14.5. The molecule has 1 atom stereocenters. The average molecular weight is 404 g/mol. The van der Waals surface area contributed by atoms with Crippen molar-refractivity contribution >= 4 is 5.96 Å². The molecule has 2 rings (SSSR count). The number of nitriles is 1.